The molecule has 0 fully saturated rings. The van der Waals surface area contributed by atoms with E-state index in [9.17, 15) is 13.2 Å². The van der Waals surface area contributed by atoms with Crippen molar-refractivity contribution in [3.63, 3.8) is 0 Å². The molecule has 0 aliphatic carbocycles. The summed E-state index contributed by atoms with van der Waals surface area (Å²) in [5, 5.41) is 2.78. The normalized spacial score (nSPS) is 11.1. The number of halogens is 1. The van der Waals surface area contributed by atoms with Gasteiger partial charge in [0, 0.05) is 21.6 Å². The topological polar surface area (TPSA) is 75.3 Å². The van der Waals surface area contributed by atoms with Crippen molar-refractivity contribution < 1.29 is 13.2 Å². The maximum atomic E-state index is 12.5. The van der Waals surface area contributed by atoms with Crippen LogP contribution < -0.4 is 10.0 Å². The molecule has 8 heteroatoms. The molecule has 2 N–H and O–H groups in total. The Kier molecular flexibility index (Phi) is 7.35. The summed E-state index contributed by atoms with van der Waals surface area (Å²) in [6, 6.07) is 22.9. The largest absolute Gasteiger partial charge is 0.325 e. The summed E-state index contributed by atoms with van der Waals surface area (Å²) in [6.45, 7) is 0. The third-order valence-electron chi connectivity index (χ3n) is 3.89. The van der Waals surface area contributed by atoms with E-state index < -0.39 is 10.0 Å². The van der Waals surface area contributed by atoms with E-state index in [4.69, 9.17) is 0 Å². The molecule has 0 radical (unpaired) electrons. The summed E-state index contributed by atoms with van der Waals surface area (Å²) >= 11 is 4.83. The van der Waals surface area contributed by atoms with E-state index in [1.807, 2.05) is 30.3 Å². The fraction of sp³-hybridized carbons (Fsp3) is 0.0952. The second-order valence-electron chi connectivity index (χ2n) is 6.16. The van der Waals surface area contributed by atoms with Gasteiger partial charge in [-0.25, -0.2) is 8.42 Å². The van der Waals surface area contributed by atoms with Crippen LogP contribution in [0.4, 0.5) is 11.4 Å². The zero-order valence-electron chi connectivity index (χ0n) is 15.3. The molecule has 29 heavy (non-hydrogen) atoms. The van der Waals surface area contributed by atoms with Crippen LogP contribution in [0.2, 0.25) is 0 Å². The zero-order valence-corrected chi connectivity index (χ0v) is 18.6. The Labute approximate surface area is 183 Å². The SMILES string of the molecule is O=C(CSCc1ccccc1)Nc1ccc(S(=O)(=O)Nc2ccc(Br)cc2)cc1. The van der Waals surface area contributed by atoms with Crippen LogP contribution in [0.15, 0.2) is 88.2 Å². The van der Waals surface area contributed by atoms with Crippen LogP contribution in [0.25, 0.3) is 0 Å². The first kappa shape index (κ1) is 21.4. The third-order valence-corrected chi connectivity index (χ3v) is 6.82. The van der Waals surface area contributed by atoms with E-state index in [2.05, 4.69) is 26.0 Å². The van der Waals surface area contributed by atoms with Gasteiger partial charge in [0.2, 0.25) is 5.91 Å². The van der Waals surface area contributed by atoms with Crippen LogP contribution in [-0.2, 0) is 20.6 Å². The Morgan fingerprint density at radius 2 is 1.48 bits per heavy atom. The van der Waals surface area contributed by atoms with Crippen molar-refractivity contribution in [3.05, 3.63) is 88.9 Å². The first-order valence-corrected chi connectivity index (χ1v) is 12.2. The zero-order chi connectivity index (χ0) is 20.7. The van der Waals surface area contributed by atoms with Crippen molar-refractivity contribution in [2.75, 3.05) is 15.8 Å². The second kappa shape index (κ2) is 9.96. The predicted molar refractivity (Wildman–Crippen MR) is 123 cm³/mol. The first-order chi connectivity index (χ1) is 13.9. The van der Waals surface area contributed by atoms with Crippen LogP contribution in [-0.4, -0.2) is 20.1 Å². The lowest BCUT2D eigenvalue weighted by molar-refractivity contribution is -0.113. The highest BCUT2D eigenvalue weighted by Gasteiger charge is 2.14. The van der Waals surface area contributed by atoms with Gasteiger partial charge < -0.3 is 5.32 Å². The second-order valence-corrected chi connectivity index (χ2v) is 9.75. The van der Waals surface area contributed by atoms with Crippen LogP contribution >= 0.6 is 27.7 Å². The minimum Gasteiger partial charge on any atom is -0.325 e. The summed E-state index contributed by atoms with van der Waals surface area (Å²) in [5.41, 5.74) is 2.19. The number of hydrogen-bond donors (Lipinski definition) is 2. The molecule has 3 rings (SSSR count). The van der Waals surface area contributed by atoms with E-state index in [0.717, 1.165) is 15.8 Å². The lowest BCUT2D eigenvalue weighted by Gasteiger charge is -2.10. The van der Waals surface area contributed by atoms with Crippen molar-refractivity contribution in [3.8, 4) is 0 Å². The Morgan fingerprint density at radius 1 is 0.862 bits per heavy atom. The maximum Gasteiger partial charge on any atom is 0.261 e. The molecule has 0 saturated heterocycles. The van der Waals surface area contributed by atoms with Crippen molar-refractivity contribution >= 4 is 55.0 Å². The Bertz CT molecular complexity index is 1060. The molecule has 0 aliphatic heterocycles. The molecule has 0 bridgehead atoms. The summed E-state index contributed by atoms with van der Waals surface area (Å²) in [4.78, 5) is 12.2. The van der Waals surface area contributed by atoms with Crippen LogP contribution in [0.1, 0.15) is 5.56 Å². The van der Waals surface area contributed by atoms with Crippen molar-refractivity contribution in [2.24, 2.45) is 0 Å². The number of nitrogens with one attached hydrogen (secondary N) is 2. The van der Waals surface area contributed by atoms with Crippen LogP contribution in [0.5, 0.6) is 0 Å². The fourth-order valence-electron chi connectivity index (χ4n) is 2.48. The smallest absolute Gasteiger partial charge is 0.261 e. The highest BCUT2D eigenvalue weighted by molar-refractivity contribution is 9.10. The monoisotopic (exact) mass is 490 g/mol. The van der Waals surface area contributed by atoms with Gasteiger partial charge in [0.25, 0.3) is 10.0 Å². The highest BCUT2D eigenvalue weighted by Crippen LogP contribution is 2.20. The van der Waals surface area contributed by atoms with Gasteiger partial charge in [-0.2, -0.15) is 0 Å². The number of thioether (sulfide) groups is 1. The van der Waals surface area contributed by atoms with E-state index in [0.29, 0.717) is 17.1 Å². The van der Waals surface area contributed by atoms with E-state index >= 15 is 0 Å². The molecule has 0 aromatic heterocycles. The van der Waals surface area contributed by atoms with Gasteiger partial charge in [-0.05, 0) is 54.1 Å². The molecule has 3 aromatic rings. The molecule has 1 amide bonds. The van der Waals surface area contributed by atoms with Gasteiger partial charge in [0.05, 0.1) is 10.6 Å². The number of rotatable bonds is 8. The highest BCUT2D eigenvalue weighted by atomic mass is 79.9. The van der Waals surface area contributed by atoms with Gasteiger partial charge in [0.15, 0.2) is 0 Å². The number of carbonyl (C=O) groups excluding carboxylic acids is 1. The van der Waals surface area contributed by atoms with E-state index in [1.54, 1.807) is 36.4 Å². The molecule has 3 aromatic carbocycles. The number of amides is 1. The summed E-state index contributed by atoms with van der Waals surface area (Å²) in [7, 11) is -3.70. The number of sulfonamides is 1. The Morgan fingerprint density at radius 3 is 2.14 bits per heavy atom. The molecule has 0 heterocycles. The van der Waals surface area contributed by atoms with Crippen LogP contribution in [0.3, 0.4) is 0 Å². The number of anilines is 2. The number of hydrogen-bond acceptors (Lipinski definition) is 4. The lowest BCUT2D eigenvalue weighted by Crippen LogP contribution is -2.15. The molecule has 0 spiro atoms. The average Bonchev–Trinajstić information content (AvgIpc) is 2.71. The van der Waals surface area contributed by atoms with E-state index in [1.165, 1.54) is 23.9 Å². The molecule has 0 saturated carbocycles. The maximum absolute atomic E-state index is 12.5. The molecule has 0 unspecified atom stereocenters. The minimum absolute atomic E-state index is 0.122. The molecular formula is C21H19BrN2O3S2. The third kappa shape index (κ3) is 6.62. The number of benzene rings is 3. The molecule has 5 nitrogen and oxygen atoms in total. The van der Waals surface area contributed by atoms with Gasteiger partial charge >= 0.3 is 0 Å². The van der Waals surface area contributed by atoms with Gasteiger partial charge in [-0.3, -0.25) is 9.52 Å². The fourth-order valence-corrected chi connectivity index (χ4v) is 4.59. The predicted octanol–water partition coefficient (Wildman–Crippen LogP) is 5.12. The van der Waals surface area contributed by atoms with Crippen molar-refractivity contribution in [1.29, 1.82) is 0 Å². The van der Waals surface area contributed by atoms with Crippen LogP contribution in [0, 0.1) is 0 Å². The molecule has 0 aliphatic rings. The van der Waals surface area contributed by atoms with E-state index in [-0.39, 0.29) is 10.8 Å². The van der Waals surface area contributed by atoms with Crippen molar-refractivity contribution in [2.45, 2.75) is 10.6 Å². The summed E-state index contributed by atoms with van der Waals surface area (Å²) < 4.78 is 28.4. The molecule has 0 atom stereocenters. The summed E-state index contributed by atoms with van der Waals surface area (Å²) in [6.07, 6.45) is 0. The van der Waals surface area contributed by atoms with Gasteiger partial charge in [-0.15, -0.1) is 11.8 Å². The first-order valence-electron chi connectivity index (χ1n) is 8.72. The van der Waals surface area contributed by atoms with Gasteiger partial charge in [0.1, 0.15) is 0 Å². The molecule has 150 valence electrons. The quantitative estimate of drug-likeness (QED) is 0.459. The standard InChI is InChI=1S/C21H19BrN2O3S2/c22-17-6-8-19(9-7-17)24-29(26,27)20-12-10-18(11-13-20)23-21(25)15-28-14-16-4-2-1-3-5-16/h1-13,24H,14-15H2,(H,23,25). The Balaban J connectivity index is 1.53. The lowest BCUT2D eigenvalue weighted by atomic mass is 10.2. The Hall–Kier alpha value is -2.29. The molecular weight excluding hydrogens is 472 g/mol. The summed E-state index contributed by atoms with van der Waals surface area (Å²) in [5.74, 6) is 0.947. The number of carbonyl (C=O) groups is 1. The minimum atomic E-state index is -3.70. The average molecular weight is 491 g/mol. The van der Waals surface area contributed by atoms with Crippen molar-refractivity contribution in [1.82, 2.24) is 0 Å². The van der Waals surface area contributed by atoms with Gasteiger partial charge in [-0.1, -0.05) is 46.3 Å².